The predicted octanol–water partition coefficient (Wildman–Crippen LogP) is 0.836. The van der Waals surface area contributed by atoms with Crippen LogP contribution in [0.3, 0.4) is 0 Å². The third-order valence-electron chi connectivity index (χ3n) is 2.75. The minimum absolute atomic E-state index is 0.0174. The highest BCUT2D eigenvalue weighted by Crippen LogP contribution is 2.31. The van der Waals surface area contributed by atoms with E-state index < -0.39 is 16.9 Å². The zero-order chi connectivity index (χ0) is 15.8. The number of ether oxygens (including phenoxy) is 2. The molecule has 1 aromatic carbocycles. The van der Waals surface area contributed by atoms with Crippen LogP contribution in [0.5, 0.6) is 11.5 Å². The van der Waals surface area contributed by atoms with Crippen molar-refractivity contribution in [3.8, 4) is 11.5 Å². The van der Waals surface area contributed by atoms with Gasteiger partial charge < -0.3 is 20.5 Å². The molecule has 0 radical (unpaired) electrons. The maximum Gasteiger partial charge on any atom is 0.273 e. The number of primary amides is 1. The molecule has 8 heteroatoms. The van der Waals surface area contributed by atoms with Gasteiger partial charge in [0, 0.05) is 6.07 Å². The molecule has 0 bridgehead atoms. The van der Waals surface area contributed by atoms with Crippen molar-refractivity contribution < 1.29 is 19.2 Å². The van der Waals surface area contributed by atoms with Crippen molar-refractivity contribution in [1.82, 2.24) is 5.32 Å². The molecule has 1 unspecified atom stereocenters. The van der Waals surface area contributed by atoms with Crippen LogP contribution in [0.4, 0.5) is 5.69 Å². The summed E-state index contributed by atoms with van der Waals surface area (Å²) in [5.74, 6) is 0.0138. The number of nitro benzene ring substituents is 1. The normalized spacial score (nSPS) is 11.7. The lowest BCUT2D eigenvalue weighted by atomic mass is 10.2. The molecular formula is C13H19N3O5. The predicted molar refractivity (Wildman–Crippen MR) is 76.4 cm³/mol. The molecule has 1 atom stereocenters. The first-order chi connectivity index (χ1) is 9.99. The highest BCUT2D eigenvalue weighted by atomic mass is 16.6. The fraction of sp³-hybridized carbons (Fsp3) is 0.462. The number of benzene rings is 1. The van der Waals surface area contributed by atoms with Gasteiger partial charge in [-0.3, -0.25) is 14.9 Å². The molecule has 1 amide bonds. The van der Waals surface area contributed by atoms with E-state index in [2.05, 4.69) is 5.32 Å². The Kier molecular flexibility index (Phi) is 6.41. The summed E-state index contributed by atoms with van der Waals surface area (Å²) in [5, 5.41) is 13.6. The number of hydrogen-bond acceptors (Lipinski definition) is 6. The van der Waals surface area contributed by atoms with Gasteiger partial charge in [-0.1, -0.05) is 6.92 Å². The second-order valence-electron chi connectivity index (χ2n) is 4.31. The number of rotatable bonds is 9. The highest BCUT2D eigenvalue weighted by Gasteiger charge is 2.17. The summed E-state index contributed by atoms with van der Waals surface area (Å²) in [6, 6.07) is 3.35. The van der Waals surface area contributed by atoms with Crippen molar-refractivity contribution >= 4 is 11.6 Å². The van der Waals surface area contributed by atoms with Crippen molar-refractivity contribution in [2.75, 3.05) is 20.3 Å². The lowest BCUT2D eigenvalue weighted by Gasteiger charge is -2.17. The third-order valence-corrected chi connectivity index (χ3v) is 2.75. The van der Waals surface area contributed by atoms with Gasteiger partial charge in [-0.25, -0.2) is 0 Å². The van der Waals surface area contributed by atoms with Gasteiger partial charge in [-0.05, 0) is 19.0 Å². The molecule has 116 valence electrons. The molecule has 0 aliphatic carbocycles. The summed E-state index contributed by atoms with van der Waals surface area (Å²) in [6.45, 7) is 2.61. The van der Waals surface area contributed by atoms with E-state index in [4.69, 9.17) is 15.2 Å². The molecule has 21 heavy (non-hydrogen) atoms. The van der Waals surface area contributed by atoms with E-state index in [1.807, 2.05) is 6.92 Å². The van der Waals surface area contributed by atoms with Gasteiger partial charge in [0.2, 0.25) is 5.91 Å². The van der Waals surface area contributed by atoms with Crippen LogP contribution in [-0.2, 0) is 4.79 Å². The molecule has 0 saturated carbocycles. The largest absolute Gasteiger partial charge is 0.493 e. The Labute approximate surface area is 122 Å². The van der Waals surface area contributed by atoms with Crippen LogP contribution < -0.4 is 20.5 Å². The average molecular weight is 297 g/mol. The van der Waals surface area contributed by atoms with Gasteiger partial charge in [0.15, 0.2) is 11.5 Å². The molecule has 0 saturated heterocycles. The lowest BCUT2D eigenvalue weighted by molar-refractivity contribution is -0.385. The van der Waals surface area contributed by atoms with Crippen molar-refractivity contribution in [1.29, 1.82) is 0 Å². The van der Waals surface area contributed by atoms with Gasteiger partial charge in [0.05, 0.1) is 18.1 Å². The number of nitrogens with two attached hydrogens (primary N) is 1. The summed E-state index contributed by atoms with van der Waals surface area (Å²) < 4.78 is 10.5. The summed E-state index contributed by atoms with van der Waals surface area (Å²) in [5.41, 5.74) is 5.17. The number of hydrogen-bond donors (Lipinski definition) is 2. The van der Waals surface area contributed by atoms with Crippen molar-refractivity contribution in [2.45, 2.75) is 19.4 Å². The van der Waals surface area contributed by atoms with Gasteiger partial charge in [-0.15, -0.1) is 0 Å². The molecule has 3 N–H and O–H groups in total. The SMILES string of the molecule is CCCNC(COc1ccc([N+](=O)[O-])cc1OC)C(N)=O. The van der Waals surface area contributed by atoms with Gasteiger partial charge in [-0.2, -0.15) is 0 Å². The minimum atomic E-state index is -0.634. The number of amides is 1. The van der Waals surface area contributed by atoms with Crippen molar-refractivity contribution in [2.24, 2.45) is 5.73 Å². The summed E-state index contributed by atoms with van der Waals surface area (Å²) in [6.07, 6.45) is 0.852. The van der Waals surface area contributed by atoms with Crippen LogP contribution in [0, 0.1) is 10.1 Å². The molecule has 1 rings (SSSR count). The number of non-ortho nitro benzene ring substituents is 1. The molecule has 0 heterocycles. The Balaban J connectivity index is 2.77. The van der Waals surface area contributed by atoms with E-state index in [1.165, 1.54) is 25.3 Å². The topological polar surface area (TPSA) is 117 Å². The molecule has 8 nitrogen and oxygen atoms in total. The van der Waals surface area contributed by atoms with Crippen LogP contribution in [-0.4, -0.2) is 37.1 Å². The van der Waals surface area contributed by atoms with E-state index >= 15 is 0 Å². The molecule has 0 aliphatic rings. The number of carbonyl (C=O) groups is 1. The molecule has 0 aliphatic heterocycles. The number of nitrogens with one attached hydrogen (secondary N) is 1. The van der Waals surface area contributed by atoms with Crippen LogP contribution in [0.25, 0.3) is 0 Å². The number of methoxy groups -OCH3 is 1. The van der Waals surface area contributed by atoms with E-state index in [0.29, 0.717) is 12.3 Å². The smallest absolute Gasteiger partial charge is 0.273 e. The average Bonchev–Trinajstić information content (AvgIpc) is 2.46. The van der Waals surface area contributed by atoms with Crippen LogP contribution in [0.2, 0.25) is 0 Å². The van der Waals surface area contributed by atoms with E-state index in [9.17, 15) is 14.9 Å². The van der Waals surface area contributed by atoms with Gasteiger partial charge in [0.1, 0.15) is 12.6 Å². The van der Waals surface area contributed by atoms with Gasteiger partial charge in [0.25, 0.3) is 5.69 Å². The fourth-order valence-corrected chi connectivity index (χ4v) is 1.62. The molecule has 0 aromatic heterocycles. The molecule has 0 spiro atoms. The van der Waals surface area contributed by atoms with Crippen LogP contribution in [0.15, 0.2) is 18.2 Å². The second-order valence-corrected chi connectivity index (χ2v) is 4.31. The maximum atomic E-state index is 11.3. The standard InChI is InChI=1S/C13H19N3O5/c1-3-6-15-10(13(14)17)8-21-11-5-4-9(16(18)19)7-12(11)20-2/h4-5,7,10,15H,3,6,8H2,1-2H3,(H2,14,17). The first-order valence-electron chi connectivity index (χ1n) is 6.47. The van der Waals surface area contributed by atoms with E-state index in [0.717, 1.165) is 6.42 Å². The van der Waals surface area contributed by atoms with Crippen molar-refractivity contribution in [3.05, 3.63) is 28.3 Å². The van der Waals surface area contributed by atoms with Gasteiger partial charge >= 0.3 is 0 Å². The number of nitrogens with zero attached hydrogens (tertiary/aromatic N) is 1. The summed E-state index contributed by atoms with van der Waals surface area (Å²) >= 11 is 0. The Bertz CT molecular complexity index is 507. The minimum Gasteiger partial charge on any atom is -0.493 e. The first-order valence-corrected chi connectivity index (χ1v) is 6.47. The molecule has 1 aromatic rings. The number of carbonyl (C=O) groups excluding carboxylic acids is 1. The zero-order valence-corrected chi connectivity index (χ0v) is 12.0. The quantitative estimate of drug-likeness (QED) is 0.515. The molecular weight excluding hydrogens is 278 g/mol. The van der Waals surface area contributed by atoms with Crippen LogP contribution in [0.1, 0.15) is 13.3 Å². The Morgan fingerprint density at radius 3 is 2.71 bits per heavy atom. The van der Waals surface area contributed by atoms with E-state index in [1.54, 1.807) is 0 Å². The monoisotopic (exact) mass is 297 g/mol. The number of nitro groups is 1. The fourth-order valence-electron chi connectivity index (χ4n) is 1.62. The van der Waals surface area contributed by atoms with E-state index in [-0.39, 0.29) is 18.0 Å². The lowest BCUT2D eigenvalue weighted by Crippen LogP contribution is -2.45. The highest BCUT2D eigenvalue weighted by molar-refractivity contribution is 5.80. The Hall–Kier alpha value is -2.35. The second kappa shape index (κ2) is 8.05. The Morgan fingerprint density at radius 2 is 2.19 bits per heavy atom. The molecule has 0 fully saturated rings. The first kappa shape index (κ1) is 16.7. The summed E-state index contributed by atoms with van der Waals surface area (Å²) in [7, 11) is 1.38. The zero-order valence-electron chi connectivity index (χ0n) is 12.0. The van der Waals surface area contributed by atoms with Crippen molar-refractivity contribution in [3.63, 3.8) is 0 Å². The summed E-state index contributed by atoms with van der Waals surface area (Å²) in [4.78, 5) is 21.4. The third kappa shape index (κ3) is 4.92. The van der Waals surface area contributed by atoms with Crippen LogP contribution >= 0.6 is 0 Å². The Morgan fingerprint density at radius 1 is 1.48 bits per heavy atom. The maximum absolute atomic E-state index is 11.3.